The van der Waals surface area contributed by atoms with Crippen LogP contribution in [0.5, 0.6) is 0 Å². The molecule has 3 heterocycles. The first-order chi connectivity index (χ1) is 9.67. The van der Waals surface area contributed by atoms with E-state index in [2.05, 4.69) is 29.8 Å². The number of piperidine rings is 1. The van der Waals surface area contributed by atoms with Gasteiger partial charge in [0.1, 0.15) is 6.07 Å². The predicted molar refractivity (Wildman–Crippen MR) is 74.1 cm³/mol. The zero-order valence-electron chi connectivity index (χ0n) is 11.7. The summed E-state index contributed by atoms with van der Waals surface area (Å²) in [6.45, 7) is 6.23. The van der Waals surface area contributed by atoms with Gasteiger partial charge in [-0.25, -0.2) is 0 Å². The Labute approximate surface area is 117 Å². The number of furan rings is 1. The van der Waals surface area contributed by atoms with Crippen LogP contribution in [-0.2, 0) is 0 Å². The number of hydrogen-bond donors (Lipinski definition) is 0. The lowest BCUT2D eigenvalue weighted by molar-refractivity contribution is 0.343. The monoisotopic (exact) mass is 271 g/mol. The van der Waals surface area contributed by atoms with Crippen LogP contribution in [0.3, 0.4) is 0 Å². The van der Waals surface area contributed by atoms with Gasteiger partial charge in [0.05, 0.1) is 6.26 Å². The van der Waals surface area contributed by atoms with E-state index in [0.717, 1.165) is 13.1 Å². The second-order valence-electron chi connectivity index (χ2n) is 5.61. The van der Waals surface area contributed by atoms with Gasteiger partial charge in [0.2, 0.25) is 11.6 Å². The Morgan fingerprint density at radius 1 is 1.35 bits per heavy atom. The maximum absolute atomic E-state index is 9.26. The van der Waals surface area contributed by atoms with Crippen molar-refractivity contribution < 1.29 is 8.83 Å². The van der Waals surface area contributed by atoms with Crippen LogP contribution >= 0.6 is 0 Å². The van der Waals surface area contributed by atoms with Crippen molar-refractivity contribution in [2.45, 2.75) is 20.3 Å². The quantitative estimate of drug-likeness (QED) is 0.838. The summed E-state index contributed by atoms with van der Waals surface area (Å²) in [5.41, 5.74) is 0.331. The number of hydrogen-bond acceptors (Lipinski definition) is 5. The van der Waals surface area contributed by atoms with E-state index in [1.807, 2.05) is 0 Å². The maximum Gasteiger partial charge on any atom is 0.266 e. The lowest BCUT2D eigenvalue weighted by Gasteiger charge is -2.34. The minimum Gasteiger partial charge on any atom is -0.459 e. The Balaban J connectivity index is 1.95. The topological polar surface area (TPSA) is 66.2 Å². The zero-order valence-corrected chi connectivity index (χ0v) is 11.7. The molecule has 1 fully saturated rings. The van der Waals surface area contributed by atoms with Gasteiger partial charge in [-0.05, 0) is 30.4 Å². The van der Waals surface area contributed by atoms with Crippen LogP contribution < -0.4 is 4.90 Å². The SMILES string of the molecule is C[C@@H]1C[C@H](C)CN(c2oc(-c3ccco3)nc2C#N)C1. The van der Waals surface area contributed by atoms with Crippen molar-refractivity contribution >= 4 is 5.88 Å². The Kier molecular flexibility index (Phi) is 3.23. The van der Waals surface area contributed by atoms with Gasteiger partial charge in [-0.2, -0.15) is 10.2 Å². The highest BCUT2D eigenvalue weighted by Crippen LogP contribution is 2.32. The van der Waals surface area contributed by atoms with Crippen LogP contribution in [0.25, 0.3) is 11.7 Å². The molecule has 0 saturated carbocycles. The molecule has 0 bridgehead atoms. The summed E-state index contributed by atoms with van der Waals surface area (Å²) in [6.07, 6.45) is 2.77. The van der Waals surface area contributed by atoms with Crippen molar-refractivity contribution in [2.24, 2.45) is 11.8 Å². The van der Waals surface area contributed by atoms with Gasteiger partial charge in [-0.3, -0.25) is 0 Å². The van der Waals surface area contributed by atoms with Gasteiger partial charge in [0.25, 0.3) is 5.89 Å². The first-order valence-electron chi connectivity index (χ1n) is 6.87. The molecule has 1 aliphatic heterocycles. The number of oxazole rings is 1. The van der Waals surface area contributed by atoms with Crippen LogP contribution in [0.1, 0.15) is 26.0 Å². The second-order valence-corrected chi connectivity index (χ2v) is 5.61. The number of nitriles is 1. The molecule has 104 valence electrons. The van der Waals surface area contributed by atoms with Crippen molar-refractivity contribution in [3.05, 3.63) is 24.1 Å². The smallest absolute Gasteiger partial charge is 0.266 e. The standard InChI is InChI=1S/C15H17N3O2/c1-10-6-11(2)9-18(8-10)15-12(7-16)17-14(20-15)13-4-3-5-19-13/h3-5,10-11H,6,8-9H2,1-2H3/t10-,11+. The van der Waals surface area contributed by atoms with E-state index in [-0.39, 0.29) is 0 Å². The molecule has 1 saturated heterocycles. The van der Waals surface area contributed by atoms with Gasteiger partial charge in [-0.1, -0.05) is 13.8 Å². The summed E-state index contributed by atoms with van der Waals surface area (Å²) >= 11 is 0. The molecule has 3 rings (SSSR count). The molecule has 2 aromatic rings. The fourth-order valence-electron chi connectivity index (χ4n) is 2.93. The molecular formula is C15H17N3O2. The summed E-state index contributed by atoms with van der Waals surface area (Å²) in [5.74, 6) is 2.65. The third-order valence-corrected chi connectivity index (χ3v) is 3.60. The second kappa shape index (κ2) is 5.04. The van der Waals surface area contributed by atoms with E-state index in [4.69, 9.17) is 8.83 Å². The van der Waals surface area contributed by atoms with Gasteiger partial charge in [-0.15, -0.1) is 0 Å². The molecule has 2 aromatic heterocycles. The highest BCUT2D eigenvalue weighted by Gasteiger charge is 2.28. The van der Waals surface area contributed by atoms with Gasteiger partial charge < -0.3 is 13.7 Å². The van der Waals surface area contributed by atoms with Crippen LogP contribution in [0.2, 0.25) is 0 Å². The maximum atomic E-state index is 9.26. The fourth-order valence-corrected chi connectivity index (χ4v) is 2.93. The van der Waals surface area contributed by atoms with E-state index in [1.165, 1.54) is 6.42 Å². The molecule has 0 radical (unpaired) electrons. The van der Waals surface area contributed by atoms with Crippen LogP contribution in [0, 0.1) is 23.2 Å². The average molecular weight is 271 g/mol. The molecule has 0 aliphatic carbocycles. The first-order valence-corrected chi connectivity index (χ1v) is 6.87. The van der Waals surface area contributed by atoms with Crippen molar-refractivity contribution in [1.29, 1.82) is 5.26 Å². The Morgan fingerprint density at radius 2 is 2.10 bits per heavy atom. The lowest BCUT2D eigenvalue weighted by atomic mass is 9.92. The molecule has 5 heteroatoms. The molecule has 2 atom stereocenters. The van der Waals surface area contributed by atoms with Crippen LogP contribution in [0.15, 0.2) is 27.2 Å². The minimum atomic E-state index is 0.331. The summed E-state index contributed by atoms with van der Waals surface area (Å²) in [4.78, 5) is 6.36. The van der Waals surface area contributed by atoms with Crippen molar-refractivity contribution in [1.82, 2.24) is 4.98 Å². The lowest BCUT2D eigenvalue weighted by Crippen LogP contribution is -2.38. The molecule has 0 aromatic carbocycles. The summed E-state index contributed by atoms with van der Waals surface area (Å²) in [5, 5.41) is 9.26. The number of anilines is 1. The molecule has 5 nitrogen and oxygen atoms in total. The Hall–Kier alpha value is -2.22. The van der Waals surface area contributed by atoms with Crippen LogP contribution in [-0.4, -0.2) is 18.1 Å². The summed E-state index contributed by atoms with van der Waals surface area (Å²) in [7, 11) is 0. The summed E-state index contributed by atoms with van der Waals surface area (Å²) < 4.78 is 11.1. The van der Waals surface area contributed by atoms with E-state index in [1.54, 1.807) is 18.4 Å². The Morgan fingerprint density at radius 3 is 2.70 bits per heavy atom. The van der Waals surface area contributed by atoms with E-state index in [9.17, 15) is 5.26 Å². The molecule has 0 spiro atoms. The highest BCUT2D eigenvalue weighted by atomic mass is 16.4. The largest absolute Gasteiger partial charge is 0.459 e. The van der Waals surface area contributed by atoms with Crippen LogP contribution in [0.4, 0.5) is 5.88 Å². The fraction of sp³-hybridized carbons (Fsp3) is 0.467. The third kappa shape index (κ3) is 2.29. The number of aromatic nitrogens is 1. The zero-order chi connectivity index (χ0) is 14.1. The van der Waals surface area contributed by atoms with E-state index < -0.39 is 0 Å². The predicted octanol–water partition coefficient (Wildman–Crippen LogP) is 3.29. The average Bonchev–Trinajstić information content (AvgIpc) is 3.06. The molecule has 1 aliphatic rings. The van der Waals surface area contributed by atoms with Crippen molar-refractivity contribution in [2.75, 3.05) is 18.0 Å². The number of rotatable bonds is 2. The van der Waals surface area contributed by atoms with E-state index >= 15 is 0 Å². The molecule has 0 unspecified atom stereocenters. The minimum absolute atomic E-state index is 0.331. The molecule has 20 heavy (non-hydrogen) atoms. The molecule has 0 N–H and O–H groups in total. The summed E-state index contributed by atoms with van der Waals surface area (Å²) in [6, 6.07) is 5.67. The highest BCUT2D eigenvalue weighted by molar-refractivity contribution is 5.55. The van der Waals surface area contributed by atoms with Gasteiger partial charge in [0, 0.05) is 13.1 Å². The van der Waals surface area contributed by atoms with Gasteiger partial charge in [0.15, 0.2) is 5.76 Å². The third-order valence-electron chi connectivity index (χ3n) is 3.60. The first kappa shape index (κ1) is 12.8. The normalized spacial score (nSPS) is 22.8. The van der Waals surface area contributed by atoms with Crippen molar-refractivity contribution in [3.63, 3.8) is 0 Å². The van der Waals surface area contributed by atoms with Gasteiger partial charge >= 0.3 is 0 Å². The number of nitrogens with zero attached hydrogens (tertiary/aromatic N) is 3. The van der Waals surface area contributed by atoms with E-state index in [0.29, 0.717) is 35.1 Å². The molecular weight excluding hydrogens is 254 g/mol. The Bertz CT molecular complexity index is 614. The molecule has 0 amide bonds. The van der Waals surface area contributed by atoms with Crippen molar-refractivity contribution in [3.8, 4) is 17.7 Å².